The average Bonchev–Trinajstić information content (AvgIpc) is 2.97. The number of hydrogen-bond acceptors (Lipinski definition) is 6. The second-order valence-corrected chi connectivity index (χ2v) is 6.98. The van der Waals surface area contributed by atoms with Gasteiger partial charge >= 0.3 is 6.01 Å². The standard InChI is InChI=1S/C10H15N3OS2/c1-6-8(16-5-4-15-6)9-12-10(14-13-9)11-7-2-3-7/h6-8H,2-5H2,1H3,(H,11,12,13). The van der Waals surface area contributed by atoms with E-state index in [1.165, 1.54) is 24.3 Å². The summed E-state index contributed by atoms with van der Waals surface area (Å²) in [6.45, 7) is 2.24. The van der Waals surface area contributed by atoms with Crippen LogP contribution in [-0.4, -0.2) is 32.9 Å². The van der Waals surface area contributed by atoms with Crippen molar-refractivity contribution in [1.82, 2.24) is 10.1 Å². The van der Waals surface area contributed by atoms with Gasteiger partial charge in [0.15, 0.2) is 5.82 Å². The summed E-state index contributed by atoms with van der Waals surface area (Å²) in [5, 5.41) is 8.28. The van der Waals surface area contributed by atoms with Crippen molar-refractivity contribution >= 4 is 29.5 Å². The summed E-state index contributed by atoms with van der Waals surface area (Å²) in [4.78, 5) is 4.44. The van der Waals surface area contributed by atoms with E-state index in [0.29, 0.717) is 22.6 Å². The van der Waals surface area contributed by atoms with Gasteiger partial charge in [-0.05, 0) is 12.8 Å². The average molecular weight is 257 g/mol. The minimum Gasteiger partial charge on any atom is -0.335 e. The van der Waals surface area contributed by atoms with Crippen molar-refractivity contribution in [1.29, 1.82) is 0 Å². The molecule has 0 radical (unpaired) electrons. The van der Waals surface area contributed by atoms with Gasteiger partial charge in [-0.1, -0.05) is 12.1 Å². The fraction of sp³-hybridized carbons (Fsp3) is 0.800. The number of nitrogens with zero attached hydrogens (tertiary/aromatic N) is 2. The number of rotatable bonds is 3. The summed E-state index contributed by atoms with van der Waals surface area (Å²) in [6.07, 6.45) is 2.45. The van der Waals surface area contributed by atoms with Crippen LogP contribution in [0.4, 0.5) is 6.01 Å². The molecular formula is C10H15N3OS2. The number of thioether (sulfide) groups is 2. The SMILES string of the molecule is CC1SCCSC1c1noc(NC2CC2)n1. The van der Waals surface area contributed by atoms with Crippen molar-refractivity contribution in [2.75, 3.05) is 16.8 Å². The number of hydrogen-bond donors (Lipinski definition) is 1. The maximum atomic E-state index is 5.22. The third-order valence-electron chi connectivity index (χ3n) is 2.79. The summed E-state index contributed by atoms with van der Waals surface area (Å²) in [5.74, 6) is 3.26. The molecule has 3 rings (SSSR count). The molecule has 1 aliphatic heterocycles. The van der Waals surface area contributed by atoms with Gasteiger partial charge in [0, 0.05) is 22.8 Å². The Hall–Kier alpha value is -0.360. The van der Waals surface area contributed by atoms with Gasteiger partial charge in [0.1, 0.15) is 0 Å². The van der Waals surface area contributed by atoms with Crippen LogP contribution >= 0.6 is 23.5 Å². The molecule has 0 amide bonds. The smallest absolute Gasteiger partial charge is 0.321 e. The summed E-state index contributed by atoms with van der Waals surface area (Å²) in [5.41, 5.74) is 0. The van der Waals surface area contributed by atoms with Crippen molar-refractivity contribution in [3.63, 3.8) is 0 Å². The van der Waals surface area contributed by atoms with Crippen molar-refractivity contribution < 1.29 is 4.52 Å². The van der Waals surface area contributed by atoms with Crippen molar-refractivity contribution in [2.45, 2.75) is 36.3 Å². The number of anilines is 1. The van der Waals surface area contributed by atoms with Crippen molar-refractivity contribution in [3.05, 3.63) is 5.82 Å². The fourth-order valence-electron chi connectivity index (χ4n) is 1.73. The van der Waals surface area contributed by atoms with Crippen LogP contribution < -0.4 is 5.32 Å². The molecule has 0 aromatic carbocycles. The van der Waals surface area contributed by atoms with E-state index < -0.39 is 0 Å². The van der Waals surface area contributed by atoms with Gasteiger partial charge in [0.25, 0.3) is 0 Å². The number of nitrogens with one attached hydrogen (secondary N) is 1. The first-order valence-electron chi connectivity index (χ1n) is 5.66. The van der Waals surface area contributed by atoms with Crippen LogP contribution in [-0.2, 0) is 0 Å². The van der Waals surface area contributed by atoms with E-state index in [-0.39, 0.29) is 0 Å². The first-order valence-corrected chi connectivity index (χ1v) is 7.76. The van der Waals surface area contributed by atoms with Crippen molar-refractivity contribution in [2.24, 2.45) is 0 Å². The highest BCUT2D eigenvalue weighted by Gasteiger charge is 2.29. The lowest BCUT2D eigenvalue weighted by Crippen LogP contribution is -2.16. The second kappa shape index (κ2) is 4.49. The van der Waals surface area contributed by atoms with Gasteiger partial charge in [-0.25, -0.2) is 0 Å². The Balaban J connectivity index is 1.69. The lowest BCUT2D eigenvalue weighted by molar-refractivity contribution is 0.421. The summed E-state index contributed by atoms with van der Waals surface area (Å²) >= 11 is 3.93. The van der Waals surface area contributed by atoms with E-state index in [1.54, 1.807) is 0 Å². The van der Waals surface area contributed by atoms with E-state index in [2.05, 4.69) is 22.4 Å². The third kappa shape index (κ3) is 2.32. The van der Waals surface area contributed by atoms with Crippen LogP contribution in [0.3, 0.4) is 0 Å². The van der Waals surface area contributed by atoms with Gasteiger partial charge < -0.3 is 9.84 Å². The highest BCUT2D eigenvalue weighted by Crippen LogP contribution is 2.41. The minimum absolute atomic E-state index is 0.386. The molecule has 0 spiro atoms. The maximum absolute atomic E-state index is 5.22. The normalized spacial score (nSPS) is 30.3. The van der Waals surface area contributed by atoms with E-state index in [4.69, 9.17) is 4.52 Å². The maximum Gasteiger partial charge on any atom is 0.321 e. The van der Waals surface area contributed by atoms with E-state index in [1.807, 2.05) is 23.5 Å². The van der Waals surface area contributed by atoms with Crippen molar-refractivity contribution in [3.8, 4) is 0 Å². The van der Waals surface area contributed by atoms with Gasteiger partial charge in [-0.3, -0.25) is 0 Å². The molecule has 1 aromatic heterocycles. The molecule has 1 saturated heterocycles. The van der Waals surface area contributed by atoms with Crippen LogP contribution in [0, 0.1) is 0 Å². The minimum atomic E-state index is 0.386. The topological polar surface area (TPSA) is 51.0 Å². The zero-order chi connectivity index (χ0) is 11.0. The predicted octanol–water partition coefficient (Wildman–Crippen LogP) is 2.55. The molecule has 16 heavy (non-hydrogen) atoms. The van der Waals surface area contributed by atoms with Gasteiger partial charge in [-0.2, -0.15) is 16.7 Å². The molecular weight excluding hydrogens is 242 g/mol. The summed E-state index contributed by atoms with van der Waals surface area (Å²) < 4.78 is 5.22. The fourth-order valence-corrected chi connectivity index (χ4v) is 4.41. The molecule has 1 aliphatic carbocycles. The van der Waals surface area contributed by atoms with Gasteiger partial charge in [-0.15, -0.1) is 11.8 Å². The van der Waals surface area contributed by atoms with Gasteiger partial charge in [0.2, 0.25) is 0 Å². The third-order valence-corrected chi connectivity index (χ3v) is 5.88. The molecule has 1 saturated carbocycles. The second-order valence-electron chi connectivity index (χ2n) is 4.24. The Morgan fingerprint density at radius 1 is 1.31 bits per heavy atom. The van der Waals surface area contributed by atoms with Crippen LogP contribution in [0.25, 0.3) is 0 Å². The van der Waals surface area contributed by atoms with E-state index >= 15 is 0 Å². The molecule has 1 N–H and O–H groups in total. The molecule has 88 valence electrons. The Labute approximate surface area is 103 Å². The first-order chi connectivity index (χ1) is 7.83. The monoisotopic (exact) mass is 257 g/mol. The molecule has 2 atom stereocenters. The zero-order valence-electron chi connectivity index (χ0n) is 9.18. The first kappa shape index (κ1) is 10.8. The number of aromatic nitrogens is 2. The van der Waals surface area contributed by atoms with Crippen LogP contribution in [0.1, 0.15) is 30.8 Å². The van der Waals surface area contributed by atoms with Gasteiger partial charge in [0.05, 0.1) is 5.25 Å². The molecule has 1 aromatic rings. The Kier molecular flexibility index (Phi) is 3.02. The zero-order valence-corrected chi connectivity index (χ0v) is 10.8. The lowest BCUT2D eigenvalue weighted by Gasteiger charge is -2.24. The summed E-state index contributed by atoms with van der Waals surface area (Å²) in [6, 6.07) is 1.17. The largest absolute Gasteiger partial charge is 0.335 e. The highest BCUT2D eigenvalue weighted by atomic mass is 32.2. The summed E-state index contributed by atoms with van der Waals surface area (Å²) in [7, 11) is 0. The molecule has 0 bridgehead atoms. The molecule has 2 heterocycles. The highest BCUT2D eigenvalue weighted by molar-refractivity contribution is 8.06. The van der Waals surface area contributed by atoms with Crippen LogP contribution in [0.5, 0.6) is 0 Å². The molecule has 2 unspecified atom stereocenters. The Morgan fingerprint density at radius 2 is 2.12 bits per heavy atom. The van der Waals surface area contributed by atoms with E-state index in [9.17, 15) is 0 Å². The molecule has 4 nitrogen and oxygen atoms in total. The molecule has 2 fully saturated rings. The Morgan fingerprint density at radius 3 is 2.88 bits per heavy atom. The molecule has 6 heteroatoms. The predicted molar refractivity (Wildman–Crippen MR) is 68.1 cm³/mol. The molecule has 2 aliphatic rings. The quantitative estimate of drug-likeness (QED) is 0.898. The van der Waals surface area contributed by atoms with Crippen LogP contribution in [0.2, 0.25) is 0 Å². The Bertz CT molecular complexity index is 367. The lowest BCUT2D eigenvalue weighted by atomic mass is 10.3. The van der Waals surface area contributed by atoms with Crippen LogP contribution in [0.15, 0.2) is 4.52 Å². The van der Waals surface area contributed by atoms with E-state index in [0.717, 1.165) is 5.82 Å².